The smallest absolute Gasteiger partial charge is 0.270 e. The van der Waals surface area contributed by atoms with Crippen molar-refractivity contribution in [2.45, 2.75) is 32.8 Å². The highest BCUT2D eigenvalue weighted by Gasteiger charge is 2.28. The van der Waals surface area contributed by atoms with Crippen LogP contribution in [0, 0.1) is 5.41 Å². The summed E-state index contributed by atoms with van der Waals surface area (Å²) >= 11 is 0. The van der Waals surface area contributed by atoms with E-state index in [-0.39, 0.29) is 30.9 Å². The van der Waals surface area contributed by atoms with Gasteiger partial charge in [0.25, 0.3) is 5.91 Å². The minimum Gasteiger partial charge on any atom is -0.486 e. The van der Waals surface area contributed by atoms with Crippen molar-refractivity contribution in [3.8, 4) is 5.75 Å². The van der Waals surface area contributed by atoms with Crippen molar-refractivity contribution < 1.29 is 14.6 Å². The summed E-state index contributed by atoms with van der Waals surface area (Å²) in [6, 6.07) is 19.5. The summed E-state index contributed by atoms with van der Waals surface area (Å²) < 4.78 is 6.20. The summed E-state index contributed by atoms with van der Waals surface area (Å²) in [7, 11) is 0. The third-order valence-electron chi connectivity index (χ3n) is 6.55. The van der Waals surface area contributed by atoms with Crippen LogP contribution < -0.4 is 10.1 Å². The van der Waals surface area contributed by atoms with E-state index >= 15 is 0 Å². The number of piperazine rings is 1. The highest BCUT2D eigenvalue weighted by atomic mass is 16.5. The van der Waals surface area contributed by atoms with Gasteiger partial charge < -0.3 is 20.1 Å². The number of β-amino-alcohol motifs (C(OH)–C–C–N with tert-alkyl or cyclic N) is 1. The Balaban J connectivity index is 1.63. The fourth-order valence-corrected chi connectivity index (χ4v) is 4.38. The molecule has 0 radical (unpaired) electrons. The number of allylic oxidation sites excluding steroid dienone is 1. The Hall–Kier alpha value is -3.97. The van der Waals surface area contributed by atoms with Crippen LogP contribution in [0.15, 0.2) is 78.8 Å². The van der Waals surface area contributed by atoms with Gasteiger partial charge in [0.1, 0.15) is 17.6 Å². The molecule has 1 atom stereocenters. The Kier molecular flexibility index (Phi) is 8.36. The molecule has 1 aromatic heterocycles. The Morgan fingerprint density at radius 3 is 2.27 bits per heavy atom. The molecule has 2 heterocycles. The Labute approximate surface area is 218 Å². The summed E-state index contributed by atoms with van der Waals surface area (Å²) in [5, 5.41) is 21.6. The normalized spacial score (nSPS) is 15.8. The molecule has 1 unspecified atom stereocenters. The number of nitrogens with zero attached hydrogens (tertiary/aromatic N) is 2. The van der Waals surface area contributed by atoms with Gasteiger partial charge in [0.2, 0.25) is 0 Å². The molecule has 7 nitrogen and oxygen atoms in total. The van der Waals surface area contributed by atoms with E-state index in [1.807, 2.05) is 31.2 Å². The highest BCUT2D eigenvalue weighted by Crippen LogP contribution is 2.29. The number of carbonyl (C=O) groups excluding carboxylic acids is 1. The molecule has 0 aliphatic carbocycles. The minimum absolute atomic E-state index is 0.111. The van der Waals surface area contributed by atoms with Gasteiger partial charge in [-0.15, -0.1) is 0 Å². The maximum Gasteiger partial charge on any atom is 0.270 e. The van der Waals surface area contributed by atoms with Crippen LogP contribution in [0.1, 0.15) is 55.0 Å². The van der Waals surface area contributed by atoms with Gasteiger partial charge in [-0.05, 0) is 53.8 Å². The molecule has 1 fully saturated rings. The number of aliphatic hydroxyl groups excluding tert-OH is 1. The lowest BCUT2D eigenvalue weighted by Gasteiger charge is -2.31. The number of amides is 1. The van der Waals surface area contributed by atoms with Crippen molar-refractivity contribution in [3.63, 3.8) is 0 Å². The third-order valence-corrected chi connectivity index (χ3v) is 6.55. The zero-order valence-electron chi connectivity index (χ0n) is 21.6. The fraction of sp³-hybridized carbons (Fsp3) is 0.300. The van der Waals surface area contributed by atoms with E-state index in [1.54, 1.807) is 29.4 Å². The number of benzene rings is 2. The van der Waals surface area contributed by atoms with E-state index in [9.17, 15) is 9.90 Å². The molecule has 7 heteroatoms. The second-order valence-corrected chi connectivity index (χ2v) is 9.41. The molecular weight excluding hydrogens is 464 g/mol. The first-order valence-corrected chi connectivity index (χ1v) is 12.6. The average molecular weight is 499 g/mol. The van der Waals surface area contributed by atoms with Crippen molar-refractivity contribution in [2.75, 3.05) is 26.2 Å². The summed E-state index contributed by atoms with van der Waals surface area (Å²) in [4.78, 5) is 18.9. The number of aromatic nitrogens is 1. The molecule has 1 amide bonds. The lowest BCUT2D eigenvalue weighted by molar-refractivity contribution is -0.129. The summed E-state index contributed by atoms with van der Waals surface area (Å²) in [5.74, 6) is 0.954. The zero-order valence-corrected chi connectivity index (χ0v) is 21.6. The second-order valence-electron chi connectivity index (χ2n) is 9.41. The second kappa shape index (κ2) is 11.8. The number of hydrogen-bond donors (Lipinski definition) is 3. The number of carbonyl (C=O) groups is 1. The third kappa shape index (κ3) is 6.06. The van der Waals surface area contributed by atoms with Crippen molar-refractivity contribution in [3.05, 3.63) is 101 Å². The summed E-state index contributed by atoms with van der Waals surface area (Å²) in [5.41, 5.74) is 4.85. The molecule has 37 heavy (non-hydrogen) atoms. The van der Waals surface area contributed by atoms with Crippen LogP contribution in [-0.4, -0.2) is 52.9 Å². The molecule has 0 spiro atoms. The van der Waals surface area contributed by atoms with Crippen molar-refractivity contribution in [1.82, 2.24) is 15.2 Å². The number of pyridine rings is 1. The van der Waals surface area contributed by atoms with Crippen LogP contribution >= 0.6 is 0 Å². The minimum atomic E-state index is -0.229. The van der Waals surface area contributed by atoms with Gasteiger partial charge in [-0.1, -0.05) is 50.2 Å². The number of rotatable bonds is 9. The van der Waals surface area contributed by atoms with E-state index in [0.717, 1.165) is 11.1 Å². The Morgan fingerprint density at radius 1 is 1.00 bits per heavy atom. The van der Waals surface area contributed by atoms with Crippen molar-refractivity contribution in [2.24, 2.45) is 0 Å². The maximum atomic E-state index is 13.3. The van der Waals surface area contributed by atoms with Crippen LogP contribution in [0.25, 0.3) is 5.57 Å². The predicted octanol–water partition coefficient (Wildman–Crippen LogP) is 4.55. The van der Waals surface area contributed by atoms with Gasteiger partial charge >= 0.3 is 0 Å². The SMILES string of the molecule is CC(C)c1ccc(C(C)Oc2ccc(/C(C(=N)c3ccncc3)=C3/NCCN(CCO)C3=O)cc2)cc1. The number of nitrogens with one attached hydrogen (secondary N) is 2. The largest absolute Gasteiger partial charge is 0.486 e. The lowest BCUT2D eigenvalue weighted by atomic mass is 9.93. The molecule has 3 aromatic rings. The van der Waals surface area contributed by atoms with Gasteiger partial charge in [0.05, 0.1) is 12.3 Å². The topological polar surface area (TPSA) is 98.5 Å². The highest BCUT2D eigenvalue weighted by molar-refractivity contribution is 6.34. The zero-order chi connectivity index (χ0) is 26.4. The van der Waals surface area contributed by atoms with Crippen molar-refractivity contribution in [1.29, 1.82) is 5.41 Å². The maximum absolute atomic E-state index is 13.3. The predicted molar refractivity (Wildman–Crippen MR) is 146 cm³/mol. The number of hydrogen-bond acceptors (Lipinski definition) is 6. The van der Waals surface area contributed by atoms with E-state index in [0.29, 0.717) is 41.6 Å². The molecule has 1 saturated heterocycles. The van der Waals surface area contributed by atoms with Crippen LogP contribution in [0.3, 0.4) is 0 Å². The first-order chi connectivity index (χ1) is 17.9. The van der Waals surface area contributed by atoms with E-state index in [2.05, 4.69) is 48.4 Å². The summed E-state index contributed by atoms with van der Waals surface area (Å²) in [6.45, 7) is 7.56. The molecule has 2 aromatic carbocycles. The standard InChI is InChI=1S/C30H34N4O3/c1-20(2)22-4-6-23(7-5-22)21(3)37-26-10-8-24(9-11-26)27(28(31)25-12-14-32-15-13-25)29-30(36)34(18-19-35)17-16-33-29/h4-15,20-21,31,33,35H,16-19H2,1-3H3/b29-27-,31-28?. The van der Waals surface area contributed by atoms with E-state index in [4.69, 9.17) is 10.1 Å². The summed E-state index contributed by atoms with van der Waals surface area (Å²) in [6.07, 6.45) is 3.13. The van der Waals surface area contributed by atoms with Crippen molar-refractivity contribution >= 4 is 17.2 Å². The van der Waals surface area contributed by atoms with Gasteiger partial charge in [0, 0.05) is 43.2 Å². The molecule has 0 bridgehead atoms. The first kappa shape index (κ1) is 26.1. The van der Waals surface area contributed by atoms with E-state index < -0.39 is 0 Å². The first-order valence-electron chi connectivity index (χ1n) is 12.6. The Morgan fingerprint density at radius 2 is 1.65 bits per heavy atom. The average Bonchev–Trinajstić information content (AvgIpc) is 2.92. The van der Waals surface area contributed by atoms with E-state index in [1.165, 1.54) is 5.56 Å². The quantitative estimate of drug-likeness (QED) is 0.297. The van der Waals surface area contributed by atoms with Gasteiger partial charge in [-0.2, -0.15) is 0 Å². The molecule has 0 saturated carbocycles. The fourth-order valence-electron chi connectivity index (χ4n) is 4.38. The molecule has 4 rings (SSSR count). The molecule has 3 N–H and O–H groups in total. The molecule has 1 aliphatic heterocycles. The monoisotopic (exact) mass is 498 g/mol. The van der Waals surface area contributed by atoms with Crippen LogP contribution in [-0.2, 0) is 4.79 Å². The van der Waals surface area contributed by atoms with Gasteiger partial charge in [-0.25, -0.2) is 0 Å². The lowest BCUT2D eigenvalue weighted by Crippen LogP contribution is -2.48. The number of ether oxygens (including phenoxy) is 1. The molecule has 1 aliphatic rings. The van der Waals surface area contributed by atoms with Crippen LogP contribution in [0.4, 0.5) is 0 Å². The Bertz CT molecular complexity index is 1250. The van der Waals surface area contributed by atoms with Gasteiger partial charge in [-0.3, -0.25) is 15.2 Å². The molecular formula is C30H34N4O3. The van der Waals surface area contributed by atoms with Crippen LogP contribution in [0.2, 0.25) is 0 Å². The molecule has 192 valence electrons. The number of aliphatic hydroxyl groups is 1. The van der Waals surface area contributed by atoms with Crippen LogP contribution in [0.5, 0.6) is 5.75 Å². The van der Waals surface area contributed by atoms with Gasteiger partial charge in [0.15, 0.2) is 0 Å².